The third-order valence-electron chi connectivity index (χ3n) is 4.22. The zero-order valence-corrected chi connectivity index (χ0v) is 16.9. The number of ether oxygens (including phenoxy) is 2. The molecule has 1 saturated heterocycles. The zero-order valence-electron chi connectivity index (χ0n) is 16.1. The third kappa shape index (κ3) is 4.52. The topological polar surface area (TPSA) is 99.0 Å². The van der Waals surface area contributed by atoms with Crippen molar-refractivity contribution in [2.75, 3.05) is 13.7 Å². The number of rotatable bonds is 8. The van der Waals surface area contributed by atoms with Gasteiger partial charge in [0.1, 0.15) is 6.61 Å². The van der Waals surface area contributed by atoms with Crippen molar-refractivity contribution in [3.8, 4) is 11.5 Å². The molecule has 0 radical (unpaired) electrons. The highest BCUT2D eigenvalue weighted by atomic mass is 32.2. The molecule has 9 heteroatoms. The first kappa shape index (κ1) is 21.1. The molecule has 1 heterocycles. The molecular weight excluding hydrogens is 408 g/mol. The molecular formula is C21H18N2O6S. The van der Waals surface area contributed by atoms with Gasteiger partial charge >= 0.3 is 0 Å². The van der Waals surface area contributed by atoms with E-state index in [0.717, 1.165) is 16.7 Å². The lowest BCUT2D eigenvalue weighted by atomic mass is 10.1. The Morgan fingerprint density at radius 1 is 1.20 bits per heavy atom. The zero-order chi connectivity index (χ0) is 21.7. The maximum absolute atomic E-state index is 12.8. The summed E-state index contributed by atoms with van der Waals surface area (Å²) in [4.78, 5) is 36.8. The number of non-ortho nitro benzene ring substituents is 1. The van der Waals surface area contributed by atoms with E-state index in [2.05, 4.69) is 6.58 Å². The lowest BCUT2D eigenvalue weighted by Crippen LogP contribution is -2.27. The summed E-state index contributed by atoms with van der Waals surface area (Å²) in [5.74, 6) is 0.499. The molecule has 0 atom stereocenters. The van der Waals surface area contributed by atoms with Crippen LogP contribution < -0.4 is 9.47 Å². The summed E-state index contributed by atoms with van der Waals surface area (Å²) < 4.78 is 11.0. The van der Waals surface area contributed by atoms with Gasteiger partial charge in [0, 0.05) is 17.7 Å². The smallest absolute Gasteiger partial charge is 0.293 e. The predicted octanol–water partition coefficient (Wildman–Crippen LogP) is 4.40. The number of nitro groups is 1. The van der Waals surface area contributed by atoms with E-state index >= 15 is 0 Å². The SMILES string of the molecule is C=CCOc1c(/C=C2\SC(=O)N(Cc3ccc([N+](=O)[O-])cc3)C2=O)cccc1OC. The van der Waals surface area contributed by atoms with E-state index in [1.165, 1.54) is 31.4 Å². The number of nitro benzene ring substituents is 1. The molecule has 0 bridgehead atoms. The number of thioether (sulfide) groups is 1. The summed E-state index contributed by atoms with van der Waals surface area (Å²) in [5.41, 5.74) is 1.15. The van der Waals surface area contributed by atoms with Crippen molar-refractivity contribution in [1.82, 2.24) is 4.90 Å². The number of nitrogens with zero attached hydrogens (tertiary/aromatic N) is 2. The molecule has 8 nitrogen and oxygen atoms in total. The molecule has 30 heavy (non-hydrogen) atoms. The fraction of sp³-hybridized carbons (Fsp3) is 0.143. The number of methoxy groups -OCH3 is 1. The van der Waals surface area contributed by atoms with Gasteiger partial charge in [-0.15, -0.1) is 0 Å². The highest BCUT2D eigenvalue weighted by Crippen LogP contribution is 2.38. The van der Waals surface area contributed by atoms with E-state index in [9.17, 15) is 19.7 Å². The summed E-state index contributed by atoms with van der Waals surface area (Å²) in [6.07, 6.45) is 3.18. The first-order chi connectivity index (χ1) is 14.4. The van der Waals surface area contributed by atoms with Crippen molar-refractivity contribution in [1.29, 1.82) is 0 Å². The standard InChI is InChI=1S/C21H18N2O6S/c1-3-11-29-19-15(5-4-6-17(19)28-2)12-18-20(24)22(21(25)30-18)13-14-7-9-16(10-8-14)23(26)27/h3-10,12H,1,11,13H2,2H3/b18-12-. The largest absolute Gasteiger partial charge is 0.493 e. The fourth-order valence-corrected chi connectivity index (χ4v) is 3.62. The minimum absolute atomic E-state index is 0.0257. The van der Waals surface area contributed by atoms with Gasteiger partial charge in [-0.1, -0.05) is 36.9 Å². The summed E-state index contributed by atoms with van der Waals surface area (Å²) in [6.45, 7) is 3.90. The predicted molar refractivity (Wildman–Crippen MR) is 113 cm³/mol. The van der Waals surface area contributed by atoms with Crippen LogP contribution in [0.25, 0.3) is 6.08 Å². The number of imide groups is 1. The minimum Gasteiger partial charge on any atom is -0.493 e. The highest BCUT2D eigenvalue weighted by Gasteiger charge is 2.35. The molecule has 0 saturated carbocycles. The van der Waals surface area contributed by atoms with Crippen molar-refractivity contribution >= 4 is 34.7 Å². The normalized spacial score (nSPS) is 14.8. The van der Waals surface area contributed by atoms with Gasteiger partial charge in [0.2, 0.25) is 0 Å². The molecule has 154 valence electrons. The van der Waals surface area contributed by atoms with E-state index in [-0.39, 0.29) is 23.7 Å². The number of para-hydroxylation sites is 1. The van der Waals surface area contributed by atoms with Gasteiger partial charge in [-0.05, 0) is 29.5 Å². The lowest BCUT2D eigenvalue weighted by molar-refractivity contribution is -0.384. The Kier molecular flexibility index (Phi) is 6.53. The molecule has 1 fully saturated rings. The number of amides is 2. The second kappa shape index (κ2) is 9.27. The van der Waals surface area contributed by atoms with Crippen molar-refractivity contribution in [3.63, 3.8) is 0 Å². The number of carbonyl (C=O) groups is 2. The Bertz CT molecular complexity index is 1030. The fourth-order valence-electron chi connectivity index (χ4n) is 2.79. The van der Waals surface area contributed by atoms with Crippen LogP contribution in [-0.4, -0.2) is 34.7 Å². The van der Waals surface area contributed by atoms with Gasteiger partial charge < -0.3 is 9.47 Å². The minimum atomic E-state index is -0.507. The summed E-state index contributed by atoms with van der Waals surface area (Å²) >= 11 is 0.824. The van der Waals surface area contributed by atoms with E-state index in [4.69, 9.17) is 9.47 Å². The first-order valence-electron chi connectivity index (χ1n) is 8.84. The van der Waals surface area contributed by atoms with Crippen LogP contribution in [0.3, 0.4) is 0 Å². The molecule has 2 aromatic carbocycles. The Morgan fingerprint density at radius 3 is 2.57 bits per heavy atom. The highest BCUT2D eigenvalue weighted by molar-refractivity contribution is 8.18. The summed E-state index contributed by atoms with van der Waals surface area (Å²) in [5, 5.41) is 10.4. The van der Waals surface area contributed by atoms with Crippen molar-refractivity contribution in [2.24, 2.45) is 0 Å². The average Bonchev–Trinajstić information content (AvgIpc) is 3.00. The average molecular weight is 426 g/mol. The van der Waals surface area contributed by atoms with Gasteiger partial charge in [-0.2, -0.15) is 0 Å². The van der Waals surface area contributed by atoms with Crippen molar-refractivity contribution in [2.45, 2.75) is 6.54 Å². The molecule has 3 rings (SSSR count). The van der Waals surface area contributed by atoms with Crippen LogP contribution in [0, 0.1) is 10.1 Å². The Labute approximate surface area is 176 Å². The quantitative estimate of drug-likeness (QED) is 0.267. The molecule has 0 aliphatic carbocycles. The lowest BCUT2D eigenvalue weighted by Gasteiger charge is -2.13. The maximum atomic E-state index is 12.8. The van der Waals surface area contributed by atoms with Crippen molar-refractivity contribution < 1.29 is 24.0 Å². The number of hydrogen-bond donors (Lipinski definition) is 0. The maximum Gasteiger partial charge on any atom is 0.293 e. The molecule has 1 aliphatic heterocycles. The first-order valence-corrected chi connectivity index (χ1v) is 9.65. The van der Waals surface area contributed by atoms with Gasteiger partial charge in [0.25, 0.3) is 16.8 Å². The third-order valence-corrected chi connectivity index (χ3v) is 5.13. The Hall–Kier alpha value is -3.59. The van der Waals surface area contributed by atoms with Gasteiger partial charge in [-0.3, -0.25) is 24.6 Å². The van der Waals surface area contributed by atoms with Crippen LogP contribution >= 0.6 is 11.8 Å². The van der Waals surface area contributed by atoms with Crippen LogP contribution in [0.5, 0.6) is 11.5 Å². The van der Waals surface area contributed by atoms with Crippen LogP contribution in [0.15, 0.2) is 60.0 Å². The van der Waals surface area contributed by atoms with E-state index in [1.54, 1.807) is 30.4 Å². The van der Waals surface area contributed by atoms with E-state index in [0.29, 0.717) is 22.6 Å². The monoisotopic (exact) mass is 426 g/mol. The van der Waals surface area contributed by atoms with E-state index < -0.39 is 16.1 Å². The Morgan fingerprint density at radius 2 is 1.93 bits per heavy atom. The summed E-state index contributed by atoms with van der Waals surface area (Å²) in [7, 11) is 1.51. The van der Waals surface area contributed by atoms with Crippen LogP contribution in [0.4, 0.5) is 10.5 Å². The molecule has 1 aliphatic rings. The van der Waals surface area contributed by atoms with Gasteiger partial charge in [0.05, 0.1) is 23.5 Å². The van der Waals surface area contributed by atoms with Crippen LogP contribution in [0.1, 0.15) is 11.1 Å². The van der Waals surface area contributed by atoms with E-state index in [1.807, 2.05) is 0 Å². The molecule has 0 spiro atoms. The van der Waals surface area contributed by atoms with Crippen LogP contribution in [-0.2, 0) is 11.3 Å². The van der Waals surface area contributed by atoms with Gasteiger partial charge in [-0.25, -0.2) is 0 Å². The molecule has 2 aromatic rings. The summed E-state index contributed by atoms with van der Waals surface area (Å²) in [6, 6.07) is 11.0. The second-order valence-corrected chi connectivity index (χ2v) is 7.16. The number of carbonyl (C=O) groups excluding carboxylic acids is 2. The van der Waals surface area contributed by atoms with Crippen LogP contribution in [0.2, 0.25) is 0 Å². The molecule has 0 unspecified atom stereocenters. The number of hydrogen-bond acceptors (Lipinski definition) is 7. The number of benzene rings is 2. The Balaban J connectivity index is 1.84. The molecule has 0 N–H and O–H groups in total. The molecule has 0 aromatic heterocycles. The molecule has 2 amide bonds. The second-order valence-electron chi connectivity index (χ2n) is 6.17. The van der Waals surface area contributed by atoms with Crippen molar-refractivity contribution in [3.05, 3.63) is 81.3 Å². The van der Waals surface area contributed by atoms with Gasteiger partial charge in [0.15, 0.2) is 11.5 Å².